The maximum Gasteiger partial charge on any atom is 0.219 e. The second-order valence-corrected chi connectivity index (χ2v) is 5.39. The highest BCUT2D eigenvalue weighted by molar-refractivity contribution is 5.31. The molecule has 2 N–H and O–H groups in total. The molecule has 0 bridgehead atoms. The van der Waals surface area contributed by atoms with Crippen LogP contribution in [0.4, 0.5) is 10.3 Å². The molecular weight excluding hydrogens is 295 g/mol. The molecule has 0 radical (unpaired) electrons. The average Bonchev–Trinajstić information content (AvgIpc) is 2.98. The third kappa shape index (κ3) is 3.89. The maximum atomic E-state index is 13.0. The van der Waals surface area contributed by atoms with E-state index >= 15 is 0 Å². The molecule has 3 rings (SSSR count). The van der Waals surface area contributed by atoms with E-state index in [2.05, 4.69) is 20.0 Å². The second-order valence-electron chi connectivity index (χ2n) is 5.39. The Kier molecular flexibility index (Phi) is 4.29. The predicted octanol–water partition coefficient (Wildman–Crippen LogP) is 2.02. The van der Waals surface area contributed by atoms with Crippen molar-refractivity contribution in [2.24, 2.45) is 0 Å². The van der Waals surface area contributed by atoms with Crippen molar-refractivity contribution in [2.45, 2.75) is 13.1 Å². The van der Waals surface area contributed by atoms with E-state index in [1.807, 2.05) is 13.2 Å². The van der Waals surface area contributed by atoms with Gasteiger partial charge in [-0.2, -0.15) is 5.10 Å². The van der Waals surface area contributed by atoms with Crippen LogP contribution in [0.2, 0.25) is 0 Å². The fourth-order valence-corrected chi connectivity index (χ4v) is 2.30. The molecule has 0 spiro atoms. The lowest BCUT2D eigenvalue weighted by Gasteiger charge is -2.15. The molecule has 6 nitrogen and oxygen atoms in total. The highest BCUT2D eigenvalue weighted by atomic mass is 19.1. The van der Waals surface area contributed by atoms with Crippen LogP contribution in [-0.2, 0) is 13.1 Å². The third-order valence-corrected chi connectivity index (χ3v) is 3.36. The molecule has 118 valence electrons. The van der Waals surface area contributed by atoms with Crippen LogP contribution in [0.5, 0.6) is 0 Å². The maximum absolute atomic E-state index is 13.0. The number of rotatable bonds is 5. The Morgan fingerprint density at radius 3 is 2.39 bits per heavy atom. The van der Waals surface area contributed by atoms with Gasteiger partial charge in [-0.05, 0) is 31.3 Å². The smallest absolute Gasteiger partial charge is 0.219 e. The van der Waals surface area contributed by atoms with Gasteiger partial charge in [-0.1, -0.05) is 0 Å². The predicted molar refractivity (Wildman–Crippen MR) is 85.1 cm³/mol. The van der Waals surface area contributed by atoms with Gasteiger partial charge in [-0.25, -0.2) is 19.0 Å². The first-order valence-corrected chi connectivity index (χ1v) is 7.14. The summed E-state index contributed by atoms with van der Waals surface area (Å²) in [4.78, 5) is 10.1. The molecule has 0 atom stereocenters. The van der Waals surface area contributed by atoms with Crippen LogP contribution in [0.1, 0.15) is 11.1 Å². The molecule has 0 aliphatic rings. The summed E-state index contributed by atoms with van der Waals surface area (Å²) in [5.74, 6) is 0.0172. The van der Waals surface area contributed by atoms with E-state index in [1.54, 1.807) is 35.4 Å². The van der Waals surface area contributed by atoms with Gasteiger partial charge in [0.1, 0.15) is 5.82 Å². The zero-order valence-electron chi connectivity index (χ0n) is 12.7. The fraction of sp³-hybridized carbons (Fsp3) is 0.188. The number of anilines is 1. The van der Waals surface area contributed by atoms with E-state index in [4.69, 9.17) is 5.73 Å². The SMILES string of the molecule is CN(Cc1cnc(N)nc1)Cc1cnn(-c2ccc(F)cc2)c1. The number of aromatic nitrogens is 4. The number of halogens is 1. The Bertz CT molecular complexity index is 766. The molecule has 23 heavy (non-hydrogen) atoms. The molecule has 1 aromatic carbocycles. The molecule has 7 heteroatoms. The van der Waals surface area contributed by atoms with Crippen molar-refractivity contribution in [1.82, 2.24) is 24.6 Å². The molecule has 0 saturated heterocycles. The molecule has 0 amide bonds. The monoisotopic (exact) mass is 312 g/mol. The van der Waals surface area contributed by atoms with E-state index in [0.29, 0.717) is 6.54 Å². The average molecular weight is 312 g/mol. The number of benzene rings is 1. The standard InChI is InChI=1S/C16H17FN6/c1-22(9-12-6-19-16(18)20-7-12)10-13-8-21-23(11-13)15-4-2-14(17)3-5-15/h2-8,11H,9-10H2,1H3,(H2,18,19,20). The van der Waals surface area contributed by atoms with Crippen molar-refractivity contribution in [3.63, 3.8) is 0 Å². The van der Waals surface area contributed by atoms with Crippen LogP contribution < -0.4 is 5.73 Å². The van der Waals surface area contributed by atoms with Gasteiger partial charge in [-0.3, -0.25) is 4.90 Å². The van der Waals surface area contributed by atoms with Crippen LogP contribution in [0, 0.1) is 5.82 Å². The van der Waals surface area contributed by atoms with Gasteiger partial charge in [0, 0.05) is 42.8 Å². The minimum Gasteiger partial charge on any atom is -0.368 e. The Labute approximate surface area is 133 Å². The lowest BCUT2D eigenvalue weighted by Crippen LogP contribution is -2.17. The summed E-state index contributed by atoms with van der Waals surface area (Å²) in [7, 11) is 2.01. The number of hydrogen-bond acceptors (Lipinski definition) is 5. The summed E-state index contributed by atoms with van der Waals surface area (Å²) in [5, 5.41) is 4.31. The molecular formula is C16H17FN6. The molecule has 0 fully saturated rings. The van der Waals surface area contributed by atoms with Crippen molar-refractivity contribution in [2.75, 3.05) is 12.8 Å². The van der Waals surface area contributed by atoms with E-state index in [1.165, 1.54) is 12.1 Å². The Morgan fingerprint density at radius 2 is 1.70 bits per heavy atom. The summed E-state index contributed by atoms with van der Waals surface area (Å²) in [6.07, 6.45) is 7.18. The third-order valence-electron chi connectivity index (χ3n) is 3.36. The molecule has 2 heterocycles. The second kappa shape index (κ2) is 6.53. The summed E-state index contributed by atoms with van der Waals surface area (Å²) < 4.78 is 14.7. The lowest BCUT2D eigenvalue weighted by atomic mass is 10.3. The van der Waals surface area contributed by atoms with Gasteiger partial charge in [-0.15, -0.1) is 0 Å². The Hall–Kier alpha value is -2.80. The largest absolute Gasteiger partial charge is 0.368 e. The van der Waals surface area contributed by atoms with Gasteiger partial charge in [0.15, 0.2) is 0 Å². The number of nitrogens with zero attached hydrogens (tertiary/aromatic N) is 5. The molecule has 0 unspecified atom stereocenters. The van der Waals surface area contributed by atoms with Crippen LogP contribution in [-0.4, -0.2) is 31.7 Å². The highest BCUT2D eigenvalue weighted by Gasteiger charge is 2.06. The summed E-state index contributed by atoms with van der Waals surface area (Å²) in [6.45, 7) is 1.44. The summed E-state index contributed by atoms with van der Waals surface area (Å²) >= 11 is 0. The van der Waals surface area contributed by atoms with Gasteiger partial charge >= 0.3 is 0 Å². The van der Waals surface area contributed by atoms with Crippen molar-refractivity contribution in [3.8, 4) is 5.69 Å². The van der Waals surface area contributed by atoms with Gasteiger partial charge in [0.05, 0.1) is 11.9 Å². The van der Waals surface area contributed by atoms with Crippen molar-refractivity contribution < 1.29 is 4.39 Å². The zero-order chi connectivity index (χ0) is 16.2. The minimum absolute atomic E-state index is 0.258. The first-order chi connectivity index (χ1) is 11.1. The van der Waals surface area contributed by atoms with Crippen molar-refractivity contribution >= 4 is 5.95 Å². The van der Waals surface area contributed by atoms with Crippen LogP contribution in [0.3, 0.4) is 0 Å². The summed E-state index contributed by atoms with van der Waals surface area (Å²) in [6, 6.07) is 6.23. The van der Waals surface area contributed by atoms with Crippen LogP contribution in [0.25, 0.3) is 5.69 Å². The quantitative estimate of drug-likeness (QED) is 0.780. The molecule has 0 saturated carbocycles. The van der Waals surface area contributed by atoms with E-state index in [0.717, 1.165) is 23.4 Å². The Morgan fingerprint density at radius 1 is 1.04 bits per heavy atom. The molecule has 0 aliphatic heterocycles. The zero-order valence-corrected chi connectivity index (χ0v) is 12.7. The lowest BCUT2D eigenvalue weighted by molar-refractivity contribution is 0.318. The first-order valence-electron chi connectivity index (χ1n) is 7.14. The van der Waals surface area contributed by atoms with Crippen LogP contribution in [0.15, 0.2) is 49.1 Å². The van der Waals surface area contributed by atoms with Crippen molar-refractivity contribution in [1.29, 1.82) is 0 Å². The highest BCUT2D eigenvalue weighted by Crippen LogP contribution is 2.11. The normalized spacial score (nSPS) is 11.1. The molecule has 0 aliphatic carbocycles. The van der Waals surface area contributed by atoms with Gasteiger partial charge < -0.3 is 5.73 Å². The minimum atomic E-state index is -0.258. The van der Waals surface area contributed by atoms with E-state index in [9.17, 15) is 4.39 Å². The first kappa shape index (κ1) is 15.1. The molecule has 2 aromatic heterocycles. The van der Waals surface area contributed by atoms with E-state index in [-0.39, 0.29) is 11.8 Å². The van der Waals surface area contributed by atoms with Crippen LogP contribution >= 0.6 is 0 Å². The topological polar surface area (TPSA) is 72.9 Å². The van der Waals surface area contributed by atoms with Gasteiger partial charge in [0.25, 0.3) is 0 Å². The van der Waals surface area contributed by atoms with Crippen molar-refractivity contribution in [3.05, 3.63) is 66.0 Å². The number of nitrogens with two attached hydrogens (primary N) is 1. The number of nitrogen functional groups attached to an aromatic ring is 1. The van der Waals surface area contributed by atoms with E-state index < -0.39 is 0 Å². The fourth-order valence-electron chi connectivity index (χ4n) is 2.30. The van der Waals surface area contributed by atoms with Gasteiger partial charge in [0.2, 0.25) is 5.95 Å². The Balaban J connectivity index is 1.64. The summed E-state index contributed by atoms with van der Waals surface area (Å²) in [5.41, 5.74) is 8.36. The number of hydrogen-bond donors (Lipinski definition) is 1. The molecule has 3 aromatic rings.